The Labute approximate surface area is 186 Å². The molecule has 2 heterocycles. The summed E-state index contributed by atoms with van der Waals surface area (Å²) in [5.41, 5.74) is 4.59. The molecule has 162 valence electrons. The Morgan fingerprint density at radius 1 is 1.03 bits per heavy atom. The molecule has 0 unspecified atom stereocenters. The molecule has 5 rings (SSSR count). The Balaban J connectivity index is 1.57. The molecule has 0 spiro atoms. The van der Waals surface area contributed by atoms with Crippen LogP contribution < -0.4 is 4.74 Å². The van der Waals surface area contributed by atoms with Gasteiger partial charge in [-0.1, -0.05) is 36.4 Å². The van der Waals surface area contributed by atoms with Crippen LogP contribution >= 0.6 is 0 Å². The molecule has 1 fully saturated rings. The standard InChI is InChI=1S/C27H25NO4/c1-18(13-27(29)28-9-11-31-12-10-28)22-15-23-24(17-32-26(23)16-25(22)30-2)21-8-7-19-5-3-4-6-20(19)14-21/h3-8,13-17H,9-12H2,1-2H3/b18-13+. The lowest BCUT2D eigenvalue weighted by Crippen LogP contribution is -2.39. The summed E-state index contributed by atoms with van der Waals surface area (Å²) in [7, 11) is 1.63. The molecule has 0 aliphatic carbocycles. The minimum atomic E-state index is -0.00473. The van der Waals surface area contributed by atoms with E-state index in [0.717, 1.165) is 33.2 Å². The summed E-state index contributed by atoms with van der Waals surface area (Å²) in [6, 6.07) is 18.7. The third-order valence-corrected chi connectivity index (χ3v) is 6.04. The van der Waals surface area contributed by atoms with Gasteiger partial charge in [-0.25, -0.2) is 0 Å². The highest BCUT2D eigenvalue weighted by atomic mass is 16.5. The normalized spacial score (nSPS) is 14.8. The highest BCUT2D eigenvalue weighted by Crippen LogP contribution is 2.38. The summed E-state index contributed by atoms with van der Waals surface area (Å²) in [6.45, 7) is 4.34. The van der Waals surface area contributed by atoms with Crippen LogP contribution in [0.25, 0.3) is 38.4 Å². The predicted octanol–water partition coefficient (Wildman–Crippen LogP) is 5.52. The molecule has 0 N–H and O–H groups in total. The average molecular weight is 428 g/mol. The van der Waals surface area contributed by atoms with Crippen molar-refractivity contribution in [2.24, 2.45) is 0 Å². The SMILES string of the molecule is COc1cc2occ(-c3ccc4ccccc4c3)c2cc1/C(C)=C/C(=O)N1CCOCC1. The molecule has 0 saturated carbocycles. The Kier molecular flexibility index (Phi) is 5.41. The van der Waals surface area contributed by atoms with Crippen molar-refractivity contribution in [2.75, 3.05) is 33.4 Å². The number of morpholine rings is 1. The van der Waals surface area contributed by atoms with Crippen molar-refractivity contribution in [1.29, 1.82) is 0 Å². The van der Waals surface area contributed by atoms with Crippen molar-refractivity contribution >= 4 is 33.2 Å². The average Bonchev–Trinajstić information content (AvgIpc) is 3.26. The monoisotopic (exact) mass is 427 g/mol. The van der Waals surface area contributed by atoms with Crippen LogP contribution in [-0.2, 0) is 9.53 Å². The number of rotatable bonds is 4. The lowest BCUT2D eigenvalue weighted by molar-refractivity contribution is -0.129. The van der Waals surface area contributed by atoms with E-state index in [1.165, 1.54) is 10.8 Å². The van der Waals surface area contributed by atoms with E-state index in [9.17, 15) is 4.79 Å². The van der Waals surface area contributed by atoms with Crippen molar-refractivity contribution in [3.05, 3.63) is 72.5 Å². The number of methoxy groups -OCH3 is 1. The summed E-state index contributed by atoms with van der Waals surface area (Å²) >= 11 is 0. The van der Waals surface area contributed by atoms with Gasteiger partial charge in [0.05, 0.1) is 26.6 Å². The first-order chi connectivity index (χ1) is 15.6. The van der Waals surface area contributed by atoms with Crippen LogP contribution in [0.5, 0.6) is 5.75 Å². The van der Waals surface area contributed by atoms with Crippen molar-refractivity contribution in [3.8, 4) is 16.9 Å². The van der Waals surface area contributed by atoms with Crippen LogP contribution in [0, 0.1) is 0 Å². The van der Waals surface area contributed by atoms with E-state index >= 15 is 0 Å². The molecule has 1 saturated heterocycles. The van der Waals surface area contributed by atoms with E-state index in [1.54, 1.807) is 19.4 Å². The lowest BCUT2D eigenvalue weighted by atomic mass is 9.97. The van der Waals surface area contributed by atoms with Crippen molar-refractivity contribution in [3.63, 3.8) is 0 Å². The van der Waals surface area contributed by atoms with Gasteiger partial charge in [-0.3, -0.25) is 4.79 Å². The fourth-order valence-corrected chi connectivity index (χ4v) is 4.25. The fraction of sp³-hybridized carbons (Fsp3) is 0.222. The number of amides is 1. The summed E-state index contributed by atoms with van der Waals surface area (Å²) < 4.78 is 16.9. The second-order valence-electron chi connectivity index (χ2n) is 8.02. The molecule has 0 radical (unpaired) electrons. The van der Waals surface area contributed by atoms with Crippen LogP contribution in [-0.4, -0.2) is 44.2 Å². The van der Waals surface area contributed by atoms with Gasteiger partial charge in [0.2, 0.25) is 5.91 Å². The first-order valence-corrected chi connectivity index (χ1v) is 10.8. The Hall–Kier alpha value is -3.57. The molecular formula is C27H25NO4. The third-order valence-electron chi connectivity index (χ3n) is 6.04. The summed E-state index contributed by atoms with van der Waals surface area (Å²) in [5.74, 6) is 0.676. The Morgan fingerprint density at radius 3 is 2.59 bits per heavy atom. The number of hydrogen-bond donors (Lipinski definition) is 0. The topological polar surface area (TPSA) is 51.9 Å². The first-order valence-electron chi connectivity index (χ1n) is 10.8. The molecule has 32 heavy (non-hydrogen) atoms. The van der Waals surface area contributed by atoms with Crippen molar-refractivity contribution < 1.29 is 18.7 Å². The summed E-state index contributed by atoms with van der Waals surface area (Å²) in [5, 5.41) is 3.37. The van der Waals surface area contributed by atoms with Crippen LogP contribution in [0.4, 0.5) is 0 Å². The second-order valence-corrected chi connectivity index (χ2v) is 8.02. The van der Waals surface area contributed by atoms with Gasteiger partial charge >= 0.3 is 0 Å². The third kappa shape index (κ3) is 3.76. The number of carbonyl (C=O) groups excluding carboxylic acids is 1. The molecule has 5 nitrogen and oxygen atoms in total. The molecule has 1 aliphatic heterocycles. The Bertz CT molecular complexity index is 1330. The van der Waals surface area contributed by atoms with Gasteiger partial charge in [0, 0.05) is 41.7 Å². The van der Waals surface area contributed by atoms with Gasteiger partial charge in [-0.05, 0) is 41.0 Å². The largest absolute Gasteiger partial charge is 0.496 e. The maximum atomic E-state index is 12.7. The number of carbonyl (C=O) groups is 1. The molecule has 0 atom stereocenters. The lowest BCUT2D eigenvalue weighted by Gasteiger charge is -2.26. The van der Waals surface area contributed by atoms with E-state index in [0.29, 0.717) is 32.1 Å². The quantitative estimate of drug-likeness (QED) is 0.402. The molecule has 1 aromatic heterocycles. The zero-order valence-corrected chi connectivity index (χ0v) is 18.3. The maximum Gasteiger partial charge on any atom is 0.247 e. The van der Waals surface area contributed by atoms with E-state index in [2.05, 4.69) is 36.4 Å². The molecular weight excluding hydrogens is 402 g/mol. The Morgan fingerprint density at radius 2 is 1.81 bits per heavy atom. The number of benzene rings is 3. The predicted molar refractivity (Wildman–Crippen MR) is 127 cm³/mol. The van der Waals surface area contributed by atoms with Crippen LogP contribution in [0.15, 0.2) is 71.4 Å². The molecule has 0 bridgehead atoms. The molecule has 3 aromatic carbocycles. The van der Waals surface area contributed by atoms with Crippen LogP contribution in [0.1, 0.15) is 12.5 Å². The number of nitrogens with zero attached hydrogens (tertiary/aromatic N) is 1. The highest BCUT2D eigenvalue weighted by molar-refractivity contribution is 6.01. The first kappa shape index (κ1) is 20.3. The smallest absolute Gasteiger partial charge is 0.247 e. The highest BCUT2D eigenvalue weighted by Gasteiger charge is 2.18. The maximum absolute atomic E-state index is 12.7. The molecule has 5 heteroatoms. The summed E-state index contributed by atoms with van der Waals surface area (Å²) in [4.78, 5) is 14.6. The molecule has 4 aromatic rings. The van der Waals surface area contributed by atoms with Gasteiger partial charge in [-0.2, -0.15) is 0 Å². The fourth-order valence-electron chi connectivity index (χ4n) is 4.25. The van der Waals surface area contributed by atoms with Crippen LogP contribution in [0.3, 0.4) is 0 Å². The van der Waals surface area contributed by atoms with Gasteiger partial charge in [0.25, 0.3) is 0 Å². The van der Waals surface area contributed by atoms with E-state index in [1.807, 2.05) is 30.0 Å². The van der Waals surface area contributed by atoms with Gasteiger partial charge in [0.1, 0.15) is 11.3 Å². The number of ether oxygens (including phenoxy) is 2. The summed E-state index contributed by atoms with van der Waals surface area (Å²) in [6.07, 6.45) is 3.47. The van der Waals surface area contributed by atoms with Gasteiger partial charge in [-0.15, -0.1) is 0 Å². The minimum absolute atomic E-state index is 0.00473. The number of furan rings is 1. The number of fused-ring (bicyclic) bond motifs is 2. The van der Waals surface area contributed by atoms with Gasteiger partial charge < -0.3 is 18.8 Å². The van der Waals surface area contributed by atoms with Crippen molar-refractivity contribution in [1.82, 2.24) is 4.90 Å². The molecule has 1 aliphatic rings. The molecule has 1 amide bonds. The van der Waals surface area contributed by atoms with E-state index < -0.39 is 0 Å². The number of hydrogen-bond acceptors (Lipinski definition) is 4. The van der Waals surface area contributed by atoms with Crippen molar-refractivity contribution in [2.45, 2.75) is 6.92 Å². The van der Waals surface area contributed by atoms with Gasteiger partial charge in [0.15, 0.2) is 0 Å². The zero-order valence-electron chi connectivity index (χ0n) is 18.3. The minimum Gasteiger partial charge on any atom is -0.496 e. The second kappa shape index (κ2) is 8.52. The van der Waals surface area contributed by atoms with E-state index in [4.69, 9.17) is 13.9 Å². The number of allylic oxidation sites excluding steroid dienone is 1. The van der Waals surface area contributed by atoms with E-state index in [-0.39, 0.29) is 5.91 Å². The van der Waals surface area contributed by atoms with Crippen LogP contribution in [0.2, 0.25) is 0 Å². The zero-order chi connectivity index (χ0) is 22.1.